The maximum Gasteiger partial charge on any atom is 0.0471 e. The Morgan fingerprint density at radius 3 is 2.53 bits per heavy atom. The summed E-state index contributed by atoms with van der Waals surface area (Å²) in [5.74, 6) is 0. The lowest BCUT2D eigenvalue weighted by Gasteiger charge is -2.09. The van der Waals surface area contributed by atoms with Gasteiger partial charge in [-0.3, -0.25) is 0 Å². The number of aliphatic hydroxyl groups is 1. The van der Waals surface area contributed by atoms with Crippen molar-refractivity contribution in [1.29, 1.82) is 0 Å². The van der Waals surface area contributed by atoms with Crippen molar-refractivity contribution in [1.82, 2.24) is 0 Å². The smallest absolute Gasteiger partial charge is 0.0471 e. The van der Waals surface area contributed by atoms with E-state index in [0.29, 0.717) is 13.0 Å². The quantitative estimate of drug-likeness (QED) is 0.853. The van der Waals surface area contributed by atoms with Gasteiger partial charge in [0.2, 0.25) is 0 Å². The normalized spacial score (nSPS) is 10.5. The minimum atomic E-state index is 0.181. The molecule has 2 aromatic carbocycles. The Hall–Kier alpha value is -1.03. The molecule has 19 heavy (non-hydrogen) atoms. The summed E-state index contributed by atoms with van der Waals surface area (Å²) in [6, 6.07) is 13.9. The highest BCUT2D eigenvalue weighted by molar-refractivity contribution is 9.10. The second-order valence-corrected chi connectivity index (χ2v) is 5.58. The molecule has 0 atom stereocenters. The van der Waals surface area contributed by atoms with Gasteiger partial charge >= 0.3 is 0 Å². The van der Waals surface area contributed by atoms with E-state index in [0.717, 1.165) is 26.3 Å². The monoisotopic (exact) mass is 339 g/mol. The molecule has 0 heterocycles. The second kappa shape index (κ2) is 6.94. The average Bonchev–Trinajstić information content (AvgIpc) is 2.42. The molecule has 100 valence electrons. The molecule has 0 fully saturated rings. The molecule has 0 spiro atoms. The fraction of sp³-hybridized carbons (Fsp3) is 0.200. The van der Waals surface area contributed by atoms with Crippen LogP contribution in [0.4, 0.5) is 5.69 Å². The van der Waals surface area contributed by atoms with E-state index in [4.69, 9.17) is 16.7 Å². The van der Waals surface area contributed by atoms with Crippen molar-refractivity contribution in [3.05, 3.63) is 63.1 Å². The number of halogens is 2. The first-order valence-corrected chi connectivity index (χ1v) is 7.24. The maximum absolute atomic E-state index is 8.86. The standard InChI is InChI=1S/C15H15BrClNO/c16-13-3-6-15(17)12(9-13)10-18-14-4-1-11(2-5-14)7-8-19/h1-6,9,18-19H,7-8,10H2. The zero-order valence-electron chi connectivity index (χ0n) is 10.4. The number of benzene rings is 2. The number of nitrogens with one attached hydrogen (secondary N) is 1. The van der Waals surface area contributed by atoms with Gasteiger partial charge in [-0.05, 0) is 47.9 Å². The summed E-state index contributed by atoms with van der Waals surface area (Å²) >= 11 is 9.58. The highest BCUT2D eigenvalue weighted by Crippen LogP contribution is 2.22. The molecule has 0 bridgehead atoms. The van der Waals surface area contributed by atoms with Crippen LogP contribution in [0.2, 0.25) is 5.02 Å². The van der Waals surface area contributed by atoms with Gasteiger partial charge in [0.15, 0.2) is 0 Å². The molecule has 2 rings (SSSR count). The van der Waals surface area contributed by atoms with E-state index in [-0.39, 0.29) is 6.61 Å². The number of rotatable bonds is 5. The Balaban J connectivity index is 2.00. The third-order valence-corrected chi connectivity index (χ3v) is 3.71. The van der Waals surface area contributed by atoms with Gasteiger partial charge in [0.1, 0.15) is 0 Å². The lowest BCUT2D eigenvalue weighted by atomic mass is 10.1. The lowest BCUT2D eigenvalue weighted by Crippen LogP contribution is -2.00. The Morgan fingerprint density at radius 1 is 1.11 bits per heavy atom. The number of hydrogen-bond acceptors (Lipinski definition) is 2. The van der Waals surface area contributed by atoms with E-state index in [1.807, 2.05) is 42.5 Å². The van der Waals surface area contributed by atoms with E-state index >= 15 is 0 Å². The fourth-order valence-corrected chi connectivity index (χ4v) is 2.39. The van der Waals surface area contributed by atoms with Crippen molar-refractivity contribution in [3.63, 3.8) is 0 Å². The van der Waals surface area contributed by atoms with Crippen LogP contribution >= 0.6 is 27.5 Å². The van der Waals surface area contributed by atoms with E-state index in [1.54, 1.807) is 0 Å². The van der Waals surface area contributed by atoms with Gasteiger partial charge in [0.25, 0.3) is 0 Å². The molecule has 0 saturated carbocycles. The van der Waals surface area contributed by atoms with Crippen LogP contribution in [-0.4, -0.2) is 11.7 Å². The first-order chi connectivity index (χ1) is 9.19. The topological polar surface area (TPSA) is 32.3 Å². The number of hydrogen-bond donors (Lipinski definition) is 2. The summed E-state index contributed by atoms with van der Waals surface area (Å²) < 4.78 is 1.02. The third-order valence-electron chi connectivity index (χ3n) is 2.85. The minimum Gasteiger partial charge on any atom is -0.396 e. The Kier molecular flexibility index (Phi) is 5.25. The summed E-state index contributed by atoms with van der Waals surface area (Å²) in [5, 5.41) is 13.0. The molecule has 0 aliphatic rings. The molecular formula is C15H15BrClNO. The first-order valence-electron chi connectivity index (χ1n) is 6.06. The van der Waals surface area contributed by atoms with E-state index in [1.165, 1.54) is 0 Å². The zero-order valence-corrected chi connectivity index (χ0v) is 12.7. The lowest BCUT2D eigenvalue weighted by molar-refractivity contribution is 0.299. The molecule has 2 N–H and O–H groups in total. The molecule has 0 amide bonds. The molecule has 0 unspecified atom stereocenters. The molecule has 2 aromatic rings. The predicted molar refractivity (Wildman–Crippen MR) is 83.7 cm³/mol. The van der Waals surface area contributed by atoms with Crippen molar-refractivity contribution in [2.24, 2.45) is 0 Å². The van der Waals surface area contributed by atoms with Crippen LogP contribution in [0.5, 0.6) is 0 Å². The van der Waals surface area contributed by atoms with E-state index in [2.05, 4.69) is 21.2 Å². The van der Waals surface area contributed by atoms with Crippen LogP contribution in [0.1, 0.15) is 11.1 Å². The van der Waals surface area contributed by atoms with Gasteiger partial charge in [-0.1, -0.05) is 39.7 Å². The summed E-state index contributed by atoms with van der Waals surface area (Å²) in [5.41, 5.74) is 3.22. The summed E-state index contributed by atoms with van der Waals surface area (Å²) in [6.45, 7) is 0.859. The largest absolute Gasteiger partial charge is 0.396 e. The van der Waals surface area contributed by atoms with Crippen molar-refractivity contribution in [2.45, 2.75) is 13.0 Å². The minimum absolute atomic E-state index is 0.181. The van der Waals surface area contributed by atoms with Crippen molar-refractivity contribution in [2.75, 3.05) is 11.9 Å². The fourth-order valence-electron chi connectivity index (χ4n) is 1.79. The zero-order chi connectivity index (χ0) is 13.7. The Labute approximate surface area is 126 Å². The van der Waals surface area contributed by atoms with Crippen LogP contribution in [0.15, 0.2) is 46.9 Å². The van der Waals surface area contributed by atoms with Crippen LogP contribution < -0.4 is 5.32 Å². The molecule has 2 nitrogen and oxygen atoms in total. The van der Waals surface area contributed by atoms with Crippen LogP contribution in [0.3, 0.4) is 0 Å². The third kappa shape index (κ3) is 4.23. The summed E-state index contributed by atoms with van der Waals surface area (Å²) in [6.07, 6.45) is 0.692. The van der Waals surface area contributed by atoms with Crippen molar-refractivity contribution < 1.29 is 5.11 Å². The predicted octanol–water partition coefficient (Wildman–Crippen LogP) is 4.25. The van der Waals surface area contributed by atoms with Gasteiger partial charge in [-0.2, -0.15) is 0 Å². The molecule has 0 aliphatic carbocycles. The molecule has 4 heteroatoms. The van der Waals surface area contributed by atoms with E-state index < -0.39 is 0 Å². The highest BCUT2D eigenvalue weighted by atomic mass is 79.9. The van der Waals surface area contributed by atoms with Gasteiger partial charge in [0, 0.05) is 28.3 Å². The molecule has 0 aromatic heterocycles. The van der Waals surface area contributed by atoms with Crippen molar-refractivity contribution >= 4 is 33.2 Å². The van der Waals surface area contributed by atoms with Crippen LogP contribution in [-0.2, 0) is 13.0 Å². The average molecular weight is 341 g/mol. The number of aliphatic hydroxyl groups excluding tert-OH is 1. The SMILES string of the molecule is OCCc1ccc(NCc2cc(Br)ccc2Cl)cc1. The molecule has 0 aliphatic heterocycles. The van der Waals surface area contributed by atoms with Crippen LogP contribution in [0, 0.1) is 0 Å². The van der Waals surface area contributed by atoms with Gasteiger partial charge in [0.05, 0.1) is 0 Å². The van der Waals surface area contributed by atoms with Gasteiger partial charge < -0.3 is 10.4 Å². The Morgan fingerprint density at radius 2 is 1.84 bits per heavy atom. The highest BCUT2D eigenvalue weighted by Gasteiger charge is 2.01. The maximum atomic E-state index is 8.86. The first kappa shape index (κ1) is 14.4. The molecular weight excluding hydrogens is 326 g/mol. The van der Waals surface area contributed by atoms with Crippen LogP contribution in [0.25, 0.3) is 0 Å². The second-order valence-electron chi connectivity index (χ2n) is 4.26. The number of anilines is 1. The Bertz CT molecular complexity index is 542. The van der Waals surface area contributed by atoms with Crippen molar-refractivity contribution in [3.8, 4) is 0 Å². The van der Waals surface area contributed by atoms with Gasteiger partial charge in [-0.15, -0.1) is 0 Å². The summed E-state index contributed by atoms with van der Waals surface area (Å²) in [4.78, 5) is 0. The molecule has 0 saturated heterocycles. The van der Waals surface area contributed by atoms with Gasteiger partial charge in [-0.25, -0.2) is 0 Å². The molecule has 0 radical (unpaired) electrons. The summed E-state index contributed by atoms with van der Waals surface area (Å²) in [7, 11) is 0. The van der Waals surface area contributed by atoms with E-state index in [9.17, 15) is 0 Å².